The van der Waals surface area contributed by atoms with E-state index in [0.29, 0.717) is 17.4 Å². The van der Waals surface area contributed by atoms with Crippen molar-refractivity contribution >= 4 is 28.3 Å². The summed E-state index contributed by atoms with van der Waals surface area (Å²) in [5.41, 5.74) is 10.1. The lowest BCUT2D eigenvalue weighted by molar-refractivity contribution is 0.414. The number of pyridine rings is 1. The van der Waals surface area contributed by atoms with E-state index in [0.717, 1.165) is 33.3 Å². The number of hydrogen-bond donors (Lipinski definition) is 1. The summed E-state index contributed by atoms with van der Waals surface area (Å²) in [5, 5.41) is 6.08. The standard InChI is InChI=1S/C20H17ClN4O/c1-26-16-7-5-13(6-8-16)12-25-18-11-23-10-17(19(18)20(22)24-25)14-3-2-4-15(21)9-14/h2-11H,12H2,1H3,(H2,22,24). The number of nitrogen functional groups attached to an aromatic ring is 1. The molecule has 0 amide bonds. The van der Waals surface area contributed by atoms with E-state index in [1.54, 1.807) is 19.5 Å². The fourth-order valence-corrected chi connectivity index (χ4v) is 3.24. The first-order chi connectivity index (χ1) is 12.7. The number of fused-ring (bicyclic) bond motifs is 1. The van der Waals surface area contributed by atoms with Gasteiger partial charge in [-0.2, -0.15) is 5.10 Å². The van der Waals surface area contributed by atoms with Gasteiger partial charge in [-0.15, -0.1) is 0 Å². The molecule has 2 N–H and O–H groups in total. The second-order valence-corrected chi connectivity index (χ2v) is 6.42. The molecule has 130 valence electrons. The largest absolute Gasteiger partial charge is 0.497 e. The molecule has 0 aliphatic rings. The van der Waals surface area contributed by atoms with E-state index in [1.807, 2.05) is 53.2 Å². The van der Waals surface area contributed by atoms with E-state index >= 15 is 0 Å². The number of benzene rings is 2. The van der Waals surface area contributed by atoms with E-state index in [-0.39, 0.29) is 0 Å². The zero-order valence-corrected chi connectivity index (χ0v) is 14.9. The minimum atomic E-state index is 0.478. The molecular formula is C20H17ClN4O. The Labute approximate surface area is 156 Å². The van der Waals surface area contributed by atoms with Crippen LogP contribution in [0, 0.1) is 0 Å². The lowest BCUT2D eigenvalue weighted by atomic mass is 10.0. The van der Waals surface area contributed by atoms with Crippen molar-refractivity contribution in [2.24, 2.45) is 0 Å². The van der Waals surface area contributed by atoms with Crippen LogP contribution in [0.3, 0.4) is 0 Å². The number of methoxy groups -OCH3 is 1. The summed E-state index contributed by atoms with van der Waals surface area (Å²) >= 11 is 6.14. The number of nitrogens with zero attached hydrogens (tertiary/aromatic N) is 3. The van der Waals surface area contributed by atoms with E-state index in [2.05, 4.69) is 10.1 Å². The number of halogens is 1. The molecule has 5 nitrogen and oxygen atoms in total. The van der Waals surface area contributed by atoms with Gasteiger partial charge in [-0.1, -0.05) is 35.9 Å². The third-order valence-corrected chi connectivity index (χ3v) is 4.55. The average Bonchev–Trinajstić information content (AvgIpc) is 2.98. The summed E-state index contributed by atoms with van der Waals surface area (Å²) in [6.07, 6.45) is 3.58. The maximum atomic E-state index is 6.24. The van der Waals surface area contributed by atoms with E-state index in [9.17, 15) is 0 Å². The quantitative estimate of drug-likeness (QED) is 0.583. The maximum absolute atomic E-state index is 6.24. The van der Waals surface area contributed by atoms with Crippen LogP contribution < -0.4 is 10.5 Å². The van der Waals surface area contributed by atoms with Gasteiger partial charge in [0.25, 0.3) is 0 Å². The van der Waals surface area contributed by atoms with Gasteiger partial charge in [0.05, 0.1) is 30.8 Å². The number of hydrogen-bond acceptors (Lipinski definition) is 4. The van der Waals surface area contributed by atoms with E-state index in [1.165, 1.54) is 0 Å². The van der Waals surface area contributed by atoms with Gasteiger partial charge in [-0.3, -0.25) is 9.67 Å². The molecule has 0 saturated heterocycles. The van der Waals surface area contributed by atoms with Gasteiger partial charge >= 0.3 is 0 Å². The predicted molar refractivity (Wildman–Crippen MR) is 104 cm³/mol. The Bertz CT molecular complexity index is 1070. The van der Waals surface area contributed by atoms with Crippen LogP contribution >= 0.6 is 11.6 Å². The highest BCUT2D eigenvalue weighted by molar-refractivity contribution is 6.30. The first kappa shape index (κ1) is 16.4. The number of ether oxygens (including phenoxy) is 1. The van der Waals surface area contributed by atoms with E-state index in [4.69, 9.17) is 22.1 Å². The lowest BCUT2D eigenvalue weighted by Gasteiger charge is -2.07. The monoisotopic (exact) mass is 364 g/mol. The number of rotatable bonds is 4. The van der Waals surface area contributed by atoms with Crippen LogP contribution in [0.15, 0.2) is 60.9 Å². The first-order valence-corrected chi connectivity index (χ1v) is 8.52. The summed E-state index contributed by atoms with van der Waals surface area (Å²) in [7, 11) is 1.65. The normalized spacial score (nSPS) is 11.0. The van der Waals surface area contributed by atoms with Crippen molar-refractivity contribution in [3.8, 4) is 16.9 Å². The summed E-state index contributed by atoms with van der Waals surface area (Å²) < 4.78 is 7.07. The first-order valence-electron chi connectivity index (χ1n) is 8.14. The minimum Gasteiger partial charge on any atom is -0.497 e. The zero-order valence-electron chi connectivity index (χ0n) is 14.2. The van der Waals surface area contributed by atoms with Crippen LogP contribution in [0.25, 0.3) is 22.0 Å². The third-order valence-electron chi connectivity index (χ3n) is 4.32. The smallest absolute Gasteiger partial charge is 0.154 e. The Kier molecular flexibility index (Phi) is 4.22. The molecule has 0 fully saturated rings. The highest BCUT2D eigenvalue weighted by atomic mass is 35.5. The number of anilines is 1. The van der Waals surface area contributed by atoms with Gasteiger partial charge in [-0.05, 0) is 35.4 Å². The highest BCUT2D eigenvalue weighted by Gasteiger charge is 2.14. The van der Waals surface area contributed by atoms with Gasteiger partial charge in [0.15, 0.2) is 5.82 Å². The molecule has 0 spiro atoms. The Balaban J connectivity index is 1.79. The maximum Gasteiger partial charge on any atom is 0.154 e. The van der Waals surface area contributed by atoms with E-state index < -0.39 is 0 Å². The molecule has 0 unspecified atom stereocenters. The molecule has 4 rings (SSSR count). The molecule has 2 aromatic carbocycles. The van der Waals surface area contributed by atoms with Crippen molar-refractivity contribution < 1.29 is 4.74 Å². The molecule has 2 heterocycles. The Morgan fingerprint density at radius 1 is 1.12 bits per heavy atom. The molecule has 0 radical (unpaired) electrons. The van der Waals surface area contributed by atoms with Crippen molar-refractivity contribution in [3.05, 3.63) is 71.5 Å². The van der Waals surface area contributed by atoms with Crippen molar-refractivity contribution in [2.45, 2.75) is 6.54 Å². The average molecular weight is 365 g/mol. The Hall–Kier alpha value is -3.05. The lowest BCUT2D eigenvalue weighted by Crippen LogP contribution is -2.02. The zero-order chi connectivity index (χ0) is 18.1. The van der Waals surface area contributed by atoms with Gasteiger partial charge in [0, 0.05) is 16.8 Å². The molecule has 0 atom stereocenters. The van der Waals surface area contributed by atoms with Gasteiger partial charge in [0.1, 0.15) is 5.75 Å². The topological polar surface area (TPSA) is 66.0 Å². The second kappa shape index (κ2) is 6.69. The van der Waals surface area contributed by atoms with Crippen LogP contribution in [0.4, 0.5) is 5.82 Å². The summed E-state index contributed by atoms with van der Waals surface area (Å²) in [6.45, 7) is 0.596. The molecule has 0 saturated carbocycles. The Morgan fingerprint density at radius 2 is 1.92 bits per heavy atom. The van der Waals surface area contributed by atoms with Crippen LogP contribution in [0.2, 0.25) is 5.02 Å². The van der Waals surface area contributed by atoms with Crippen LogP contribution in [0.1, 0.15) is 5.56 Å². The SMILES string of the molecule is COc1ccc(Cn2nc(N)c3c(-c4cccc(Cl)c4)cncc32)cc1. The van der Waals surface area contributed by atoms with Gasteiger partial charge < -0.3 is 10.5 Å². The van der Waals surface area contributed by atoms with Crippen molar-refractivity contribution in [1.29, 1.82) is 0 Å². The summed E-state index contributed by atoms with van der Waals surface area (Å²) in [5.74, 6) is 1.30. The molecule has 2 aromatic heterocycles. The minimum absolute atomic E-state index is 0.478. The van der Waals surface area contributed by atoms with Crippen LogP contribution in [-0.4, -0.2) is 21.9 Å². The molecule has 6 heteroatoms. The van der Waals surface area contributed by atoms with Crippen molar-refractivity contribution in [1.82, 2.24) is 14.8 Å². The molecule has 0 aliphatic carbocycles. The van der Waals surface area contributed by atoms with Gasteiger partial charge in [-0.25, -0.2) is 0 Å². The third kappa shape index (κ3) is 2.97. The van der Waals surface area contributed by atoms with Gasteiger partial charge in [0.2, 0.25) is 0 Å². The molecular weight excluding hydrogens is 348 g/mol. The fourth-order valence-electron chi connectivity index (χ4n) is 3.05. The molecule has 0 bridgehead atoms. The molecule has 0 aliphatic heterocycles. The number of nitrogens with two attached hydrogens (primary N) is 1. The fraction of sp³-hybridized carbons (Fsp3) is 0.100. The van der Waals surface area contributed by atoms with Crippen molar-refractivity contribution in [2.75, 3.05) is 12.8 Å². The second-order valence-electron chi connectivity index (χ2n) is 5.98. The van der Waals surface area contributed by atoms with Crippen LogP contribution in [-0.2, 0) is 6.54 Å². The summed E-state index contributed by atoms with van der Waals surface area (Å²) in [6, 6.07) is 15.5. The summed E-state index contributed by atoms with van der Waals surface area (Å²) in [4.78, 5) is 4.38. The molecule has 26 heavy (non-hydrogen) atoms. The Morgan fingerprint density at radius 3 is 2.65 bits per heavy atom. The molecule has 4 aromatic rings. The highest BCUT2D eigenvalue weighted by Crippen LogP contribution is 2.33. The van der Waals surface area contributed by atoms with Crippen LogP contribution in [0.5, 0.6) is 5.75 Å². The number of aromatic nitrogens is 3. The van der Waals surface area contributed by atoms with Crippen molar-refractivity contribution in [3.63, 3.8) is 0 Å². The predicted octanol–water partition coefficient (Wildman–Crippen LogP) is 4.39.